The van der Waals surface area contributed by atoms with Gasteiger partial charge >= 0.3 is 0 Å². The van der Waals surface area contributed by atoms with E-state index in [9.17, 15) is 13.2 Å². The fraction of sp³-hybridized carbons (Fsp3) is 0.500. The van der Waals surface area contributed by atoms with E-state index in [-0.39, 0.29) is 18.2 Å². The minimum atomic E-state index is -3.50. The zero-order valence-electron chi connectivity index (χ0n) is 26.8. The maximum atomic E-state index is 13.3. The van der Waals surface area contributed by atoms with Gasteiger partial charge in [0.05, 0.1) is 17.0 Å². The summed E-state index contributed by atoms with van der Waals surface area (Å²) in [6.07, 6.45) is 5.23. The molecule has 3 aromatic rings. The van der Waals surface area contributed by atoms with E-state index in [1.165, 1.54) is 4.31 Å². The van der Waals surface area contributed by atoms with Crippen molar-refractivity contribution in [1.82, 2.24) is 15.0 Å². The van der Waals surface area contributed by atoms with Gasteiger partial charge in [-0.3, -0.25) is 9.10 Å². The fourth-order valence-electron chi connectivity index (χ4n) is 6.84. The molecule has 3 saturated heterocycles. The van der Waals surface area contributed by atoms with E-state index in [1.807, 2.05) is 33.2 Å². The van der Waals surface area contributed by atoms with E-state index >= 15 is 0 Å². The van der Waals surface area contributed by atoms with Crippen molar-refractivity contribution in [2.75, 3.05) is 88.6 Å². The molecule has 0 N–H and O–H groups in total. The maximum absolute atomic E-state index is 13.3. The van der Waals surface area contributed by atoms with Crippen LogP contribution in [0.1, 0.15) is 44.6 Å². The summed E-state index contributed by atoms with van der Waals surface area (Å²) in [6, 6.07) is 4.29. The molecule has 45 heavy (non-hydrogen) atoms. The quantitative estimate of drug-likeness (QED) is 0.364. The van der Waals surface area contributed by atoms with Crippen molar-refractivity contribution in [3.05, 3.63) is 57.9 Å². The van der Waals surface area contributed by atoms with Gasteiger partial charge in [0.1, 0.15) is 17.5 Å². The van der Waals surface area contributed by atoms with Gasteiger partial charge in [0.15, 0.2) is 12.1 Å². The van der Waals surface area contributed by atoms with Crippen LogP contribution in [0.25, 0.3) is 0 Å². The second-order valence-corrected chi connectivity index (χ2v) is 14.3. The van der Waals surface area contributed by atoms with E-state index in [0.29, 0.717) is 56.3 Å². The Morgan fingerprint density at radius 3 is 1.56 bits per heavy atom. The maximum Gasteiger partial charge on any atom is 0.236 e. The van der Waals surface area contributed by atoms with Gasteiger partial charge in [-0.25, -0.2) is 23.4 Å². The molecule has 0 amide bonds. The Kier molecular flexibility index (Phi) is 9.46. The average molecular weight is 655 g/mol. The third-order valence-electron chi connectivity index (χ3n) is 9.03. The topological polar surface area (TPSA) is 106 Å². The number of aryl methyl sites for hydroxylation is 4. The van der Waals surface area contributed by atoms with Crippen LogP contribution in [-0.2, 0) is 10.0 Å². The first-order valence-electron chi connectivity index (χ1n) is 15.4. The molecular weight excluding hydrogens is 612 g/mol. The number of aldehydes is 1. The lowest BCUT2D eigenvalue weighted by Crippen LogP contribution is -2.49. The summed E-state index contributed by atoms with van der Waals surface area (Å²) in [5.41, 5.74) is 6.59. The molecule has 3 fully saturated rings. The van der Waals surface area contributed by atoms with E-state index in [2.05, 4.69) is 55.5 Å². The molecule has 0 saturated carbocycles. The Hall–Kier alpha value is -3.64. The highest BCUT2D eigenvalue weighted by Crippen LogP contribution is 2.40. The zero-order valence-corrected chi connectivity index (χ0v) is 28.4. The van der Waals surface area contributed by atoms with Crippen LogP contribution in [0.4, 0.5) is 29.0 Å². The Bertz CT molecular complexity index is 1690. The van der Waals surface area contributed by atoms with Gasteiger partial charge in [-0.1, -0.05) is 12.1 Å². The van der Waals surface area contributed by atoms with Crippen LogP contribution in [0.2, 0.25) is 0 Å². The number of anilines is 5. The molecule has 3 aromatic heterocycles. The summed E-state index contributed by atoms with van der Waals surface area (Å²) in [6.45, 7) is 16.1. The Morgan fingerprint density at radius 2 is 1.13 bits per heavy atom. The summed E-state index contributed by atoms with van der Waals surface area (Å²) in [5.74, 6) is 3.06. The molecule has 3 aliphatic heterocycles. The van der Waals surface area contributed by atoms with Crippen molar-refractivity contribution in [2.24, 2.45) is 0 Å². The predicted octanol–water partition coefficient (Wildman–Crippen LogP) is 3.84. The van der Waals surface area contributed by atoms with Gasteiger partial charge in [0, 0.05) is 71.3 Å². The summed E-state index contributed by atoms with van der Waals surface area (Å²) in [4.78, 5) is 36.0. The summed E-state index contributed by atoms with van der Waals surface area (Å²) in [5, 5.41) is 0. The van der Waals surface area contributed by atoms with Gasteiger partial charge in [0.2, 0.25) is 10.0 Å². The normalized spacial score (nSPS) is 18.3. The molecule has 0 radical (unpaired) electrons. The van der Waals surface area contributed by atoms with Crippen LogP contribution in [-0.4, -0.2) is 94.3 Å². The zero-order chi connectivity index (χ0) is 31.2. The third-order valence-corrected chi connectivity index (χ3v) is 10.9. The summed E-state index contributed by atoms with van der Waals surface area (Å²) >= 11 is 0. The molecule has 13 heteroatoms. The summed E-state index contributed by atoms with van der Waals surface area (Å²) < 4.78 is 28.0. The average Bonchev–Trinajstić information content (AvgIpc) is 3.35. The molecule has 6 heterocycles. The first kappa shape index (κ1) is 32.7. The highest BCUT2D eigenvalue weighted by Gasteiger charge is 2.36. The van der Waals surface area contributed by atoms with Crippen molar-refractivity contribution in [2.45, 2.75) is 41.0 Å². The number of rotatable bonds is 6. The number of aromatic nitrogens is 3. The molecule has 0 aromatic carbocycles. The van der Waals surface area contributed by atoms with Crippen molar-refractivity contribution < 1.29 is 13.2 Å². The van der Waals surface area contributed by atoms with Crippen molar-refractivity contribution >= 4 is 57.7 Å². The monoisotopic (exact) mass is 654 g/mol. The smallest absolute Gasteiger partial charge is 0.236 e. The second-order valence-electron chi connectivity index (χ2n) is 12.3. The number of hydrogen-bond donors (Lipinski definition) is 0. The molecule has 11 nitrogen and oxygen atoms in total. The van der Waals surface area contributed by atoms with E-state index in [4.69, 9.17) is 4.98 Å². The number of pyridine rings is 3. The van der Waals surface area contributed by atoms with Crippen molar-refractivity contribution in [1.29, 1.82) is 0 Å². The van der Waals surface area contributed by atoms with Gasteiger partial charge < -0.3 is 19.6 Å². The number of hydrogen-bond acceptors (Lipinski definition) is 10. The van der Waals surface area contributed by atoms with Crippen LogP contribution in [0.15, 0.2) is 24.5 Å². The lowest BCUT2D eigenvalue weighted by atomic mass is 10.1. The molecule has 6 rings (SSSR count). The number of piperazine rings is 2. The second kappa shape index (κ2) is 13.0. The highest BCUT2D eigenvalue weighted by atomic mass is 35.5. The van der Waals surface area contributed by atoms with Gasteiger partial charge in [-0.2, -0.15) is 0 Å². The molecular formula is C32H43ClN8O3S. The molecule has 0 aliphatic carbocycles. The van der Waals surface area contributed by atoms with E-state index < -0.39 is 10.0 Å². The van der Waals surface area contributed by atoms with Crippen LogP contribution >= 0.6 is 12.4 Å². The molecule has 0 spiro atoms. The molecule has 0 atom stereocenters. The van der Waals surface area contributed by atoms with Crippen molar-refractivity contribution in [3.8, 4) is 0 Å². The van der Waals surface area contributed by atoms with Gasteiger partial charge in [-0.15, -0.1) is 12.4 Å². The fourth-order valence-corrected chi connectivity index (χ4v) is 8.35. The largest absolute Gasteiger partial charge is 0.365 e. The first-order chi connectivity index (χ1) is 21.1. The molecule has 242 valence electrons. The molecule has 0 unspecified atom stereocenters. The Balaban J connectivity index is 0.00000400. The van der Waals surface area contributed by atoms with Gasteiger partial charge in [0.25, 0.3) is 0 Å². The Morgan fingerprint density at radius 1 is 0.667 bits per heavy atom. The first-order valence-corrected chi connectivity index (χ1v) is 17.0. The van der Waals surface area contributed by atoms with E-state index in [0.717, 1.165) is 77.6 Å². The minimum Gasteiger partial charge on any atom is -0.365 e. The van der Waals surface area contributed by atoms with Crippen LogP contribution in [0, 0.1) is 34.6 Å². The lowest BCUT2D eigenvalue weighted by molar-refractivity contribution is 0.112. The van der Waals surface area contributed by atoms with Crippen LogP contribution in [0.5, 0.6) is 0 Å². The van der Waals surface area contributed by atoms with E-state index in [1.54, 1.807) is 0 Å². The molecule has 0 bridgehead atoms. The number of carbonyl (C=O) groups excluding carboxylic acids is 1. The number of carbonyl (C=O) groups is 1. The third kappa shape index (κ3) is 6.27. The number of sulfonamides is 1. The standard InChI is InChI=1S/C32H42N8O3S.ClH/c1-22-17-24(3)29(33-19-22)37-10-8-36(9-11-37)28-26(5)27(21-41)31(35-32(28)40-7-6-16-44(40,42)43)39-14-12-38(13-15-39)30-25(4)18-23(2)20-34-30;/h17-21H,6-16H2,1-5H3;1H. The predicted molar refractivity (Wildman–Crippen MR) is 184 cm³/mol. The van der Waals surface area contributed by atoms with Gasteiger partial charge in [-0.05, 0) is 68.9 Å². The molecule has 3 aliphatic rings. The summed E-state index contributed by atoms with van der Waals surface area (Å²) in [7, 11) is -3.50. The number of nitrogens with zero attached hydrogens (tertiary/aromatic N) is 8. The Labute approximate surface area is 272 Å². The SMILES string of the molecule is Cc1cnc(N2CCN(c3nc(N4CCCS4(=O)=O)c(N4CCN(c5ncc(C)cc5C)CC4)c(C)c3C=O)CC2)c(C)c1.Cl. The minimum absolute atomic E-state index is 0. The highest BCUT2D eigenvalue weighted by molar-refractivity contribution is 7.93. The van der Waals surface area contributed by atoms with Crippen LogP contribution in [0.3, 0.4) is 0 Å². The van der Waals surface area contributed by atoms with Crippen LogP contribution < -0.4 is 23.9 Å². The lowest BCUT2D eigenvalue weighted by Gasteiger charge is -2.41. The van der Waals surface area contributed by atoms with Crippen molar-refractivity contribution in [3.63, 3.8) is 0 Å². The number of halogens is 1.